The highest BCUT2D eigenvalue weighted by atomic mass is 15.4. The number of nitrogens with two attached hydrogens (primary N) is 1. The first-order chi connectivity index (χ1) is 8.22. The highest BCUT2D eigenvalue weighted by molar-refractivity contribution is 5.01. The van der Waals surface area contributed by atoms with E-state index in [1.165, 1.54) is 26.2 Å². The molecule has 4 heterocycles. The Labute approximate surface area is 101 Å². The van der Waals surface area contributed by atoms with Crippen molar-refractivity contribution >= 4 is 0 Å². The molecule has 0 aliphatic carbocycles. The molecule has 94 valence electrons. The van der Waals surface area contributed by atoms with Crippen LogP contribution in [0.4, 0.5) is 0 Å². The monoisotopic (exact) mass is 236 g/mol. The Balaban J connectivity index is 1.64. The van der Waals surface area contributed by atoms with Crippen molar-refractivity contribution in [1.29, 1.82) is 0 Å². The predicted octanol–water partition coefficient (Wildman–Crippen LogP) is -1.32. The zero-order valence-electron chi connectivity index (χ0n) is 10.3. The number of rotatable bonds is 3. The average Bonchev–Trinajstić information content (AvgIpc) is 2.76. The fourth-order valence-electron chi connectivity index (χ4n) is 2.93. The number of piperazine rings is 3. The van der Waals surface area contributed by atoms with E-state index in [4.69, 9.17) is 5.73 Å². The van der Waals surface area contributed by atoms with Gasteiger partial charge in [0.05, 0.1) is 5.69 Å². The molecule has 3 aliphatic rings. The van der Waals surface area contributed by atoms with Crippen molar-refractivity contribution in [2.75, 3.05) is 32.7 Å². The lowest BCUT2D eigenvalue weighted by Gasteiger charge is -2.49. The summed E-state index contributed by atoms with van der Waals surface area (Å²) < 4.78 is 1.73. The van der Waals surface area contributed by atoms with Gasteiger partial charge >= 0.3 is 0 Å². The summed E-state index contributed by atoms with van der Waals surface area (Å²) in [5.41, 5.74) is 7.33. The molecule has 3 saturated heterocycles. The van der Waals surface area contributed by atoms with Gasteiger partial charge in [0.25, 0.3) is 0 Å². The Hall–Kier alpha value is -0.980. The van der Waals surface area contributed by atoms with Crippen LogP contribution in [0, 0.1) is 0 Å². The molecule has 0 radical (unpaired) electrons. The molecule has 17 heavy (non-hydrogen) atoms. The van der Waals surface area contributed by atoms with Gasteiger partial charge in [-0.1, -0.05) is 5.21 Å². The molecule has 2 unspecified atom stereocenters. The highest BCUT2D eigenvalue weighted by Gasteiger charge is 2.35. The summed E-state index contributed by atoms with van der Waals surface area (Å²) in [5, 5.41) is 8.06. The van der Waals surface area contributed by atoms with Gasteiger partial charge in [0.2, 0.25) is 0 Å². The summed E-state index contributed by atoms with van der Waals surface area (Å²) in [6, 6.07) is 0.648. The normalized spacial score (nSPS) is 33.9. The molecule has 2 bridgehead atoms. The fraction of sp³-hybridized carbons (Fsp3) is 0.818. The van der Waals surface area contributed by atoms with Crippen LogP contribution in [-0.4, -0.2) is 69.6 Å². The summed E-state index contributed by atoms with van der Waals surface area (Å²) in [4.78, 5) is 5.04. The van der Waals surface area contributed by atoms with Crippen LogP contribution in [0.1, 0.15) is 5.69 Å². The summed E-state index contributed by atoms with van der Waals surface area (Å²) in [6.07, 6.45) is 2.78. The predicted molar refractivity (Wildman–Crippen MR) is 64.5 cm³/mol. The molecule has 0 amide bonds. The number of nitrogens with zero attached hydrogens (tertiary/aromatic N) is 5. The second-order valence-corrected chi connectivity index (χ2v) is 5.16. The van der Waals surface area contributed by atoms with E-state index < -0.39 is 0 Å². The van der Waals surface area contributed by atoms with Crippen LogP contribution in [0.3, 0.4) is 0 Å². The standard InChI is InChI=1S/C11H20N6/c1-15-7-9(13-14-15)6-10(12)11-8-16-2-4-17(11)5-3-16/h7,10-11H,2-6,8,12H2,1H3. The van der Waals surface area contributed by atoms with Gasteiger partial charge in [-0.3, -0.25) is 14.5 Å². The molecule has 2 atom stereocenters. The second kappa shape index (κ2) is 4.36. The zero-order valence-corrected chi connectivity index (χ0v) is 10.3. The van der Waals surface area contributed by atoms with Crippen LogP contribution in [0.25, 0.3) is 0 Å². The molecule has 3 aliphatic heterocycles. The second-order valence-electron chi connectivity index (χ2n) is 5.16. The van der Waals surface area contributed by atoms with Crippen LogP contribution in [0.2, 0.25) is 0 Å². The quantitative estimate of drug-likeness (QED) is 0.705. The van der Waals surface area contributed by atoms with Gasteiger partial charge in [0.1, 0.15) is 0 Å². The maximum absolute atomic E-state index is 6.33. The van der Waals surface area contributed by atoms with Crippen molar-refractivity contribution in [2.45, 2.75) is 18.5 Å². The lowest BCUT2D eigenvalue weighted by Crippen LogP contribution is -2.66. The molecular weight excluding hydrogens is 216 g/mol. The molecule has 6 nitrogen and oxygen atoms in total. The van der Waals surface area contributed by atoms with E-state index in [9.17, 15) is 0 Å². The fourth-order valence-corrected chi connectivity index (χ4v) is 2.93. The molecule has 3 fully saturated rings. The number of aryl methyl sites for hydroxylation is 1. The van der Waals surface area contributed by atoms with Gasteiger partial charge in [0, 0.05) is 64.5 Å². The molecule has 0 aromatic carbocycles. The molecule has 4 rings (SSSR count). The van der Waals surface area contributed by atoms with E-state index in [0.717, 1.165) is 18.7 Å². The summed E-state index contributed by atoms with van der Waals surface area (Å²) in [5.74, 6) is 0. The summed E-state index contributed by atoms with van der Waals surface area (Å²) >= 11 is 0. The van der Waals surface area contributed by atoms with Crippen LogP contribution in [0.15, 0.2) is 6.20 Å². The molecule has 1 aromatic heterocycles. The van der Waals surface area contributed by atoms with Gasteiger partial charge in [-0.25, -0.2) is 0 Å². The minimum atomic E-state index is 0.162. The largest absolute Gasteiger partial charge is 0.326 e. The number of fused-ring (bicyclic) bond motifs is 3. The van der Waals surface area contributed by atoms with Gasteiger partial charge in [-0.15, -0.1) is 5.10 Å². The van der Waals surface area contributed by atoms with E-state index in [1.54, 1.807) is 4.68 Å². The Kier molecular flexibility index (Phi) is 2.85. The Morgan fingerprint density at radius 1 is 1.41 bits per heavy atom. The lowest BCUT2D eigenvalue weighted by molar-refractivity contribution is 0.00247. The van der Waals surface area contributed by atoms with Crippen LogP contribution >= 0.6 is 0 Å². The van der Waals surface area contributed by atoms with Crippen molar-refractivity contribution in [2.24, 2.45) is 12.8 Å². The molecule has 6 heteroatoms. The third-order valence-corrected chi connectivity index (χ3v) is 3.91. The van der Waals surface area contributed by atoms with Crippen molar-refractivity contribution in [3.8, 4) is 0 Å². The maximum atomic E-state index is 6.33. The number of aromatic nitrogens is 3. The van der Waals surface area contributed by atoms with Crippen molar-refractivity contribution in [3.05, 3.63) is 11.9 Å². The highest BCUT2D eigenvalue weighted by Crippen LogP contribution is 2.18. The van der Waals surface area contributed by atoms with Crippen LogP contribution in [-0.2, 0) is 13.5 Å². The van der Waals surface area contributed by atoms with Gasteiger partial charge in [0.15, 0.2) is 0 Å². The van der Waals surface area contributed by atoms with Crippen molar-refractivity contribution < 1.29 is 0 Å². The molecule has 0 saturated carbocycles. The Morgan fingerprint density at radius 3 is 2.71 bits per heavy atom. The molecule has 2 N–H and O–H groups in total. The molecular formula is C11H20N6. The number of hydrogen-bond acceptors (Lipinski definition) is 5. The van der Waals surface area contributed by atoms with E-state index >= 15 is 0 Å². The van der Waals surface area contributed by atoms with Crippen LogP contribution in [0.5, 0.6) is 0 Å². The summed E-state index contributed by atoms with van der Waals surface area (Å²) in [6.45, 7) is 5.85. The van der Waals surface area contributed by atoms with Gasteiger partial charge in [-0.05, 0) is 0 Å². The smallest absolute Gasteiger partial charge is 0.0843 e. The van der Waals surface area contributed by atoms with Crippen molar-refractivity contribution in [1.82, 2.24) is 24.8 Å². The van der Waals surface area contributed by atoms with E-state index in [0.29, 0.717) is 6.04 Å². The zero-order chi connectivity index (χ0) is 11.8. The lowest BCUT2D eigenvalue weighted by atomic mass is 9.97. The first kappa shape index (κ1) is 11.1. The SMILES string of the molecule is Cn1cc(CC(N)C2CN3CCN2CC3)nn1. The Morgan fingerprint density at radius 2 is 2.18 bits per heavy atom. The topological polar surface area (TPSA) is 63.2 Å². The third kappa shape index (κ3) is 2.20. The first-order valence-corrected chi connectivity index (χ1v) is 6.29. The average molecular weight is 236 g/mol. The minimum Gasteiger partial charge on any atom is -0.326 e. The minimum absolute atomic E-state index is 0.162. The summed E-state index contributed by atoms with van der Waals surface area (Å²) in [7, 11) is 1.89. The molecule has 0 spiro atoms. The Bertz CT molecular complexity index is 381. The number of hydrogen-bond donors (Lipinski definition) is 1. The first-order valence-electron chi connectivity index (χ1n) is 6.29. The maximum Gasteiger partial charge on any atom is 0.0843 e. The van der Waals surface area contributed by atoms with E-state index in [2.05, 4.69) is 20.1 Å². The van der Waals surface area contributed by atoms with Gasteiger partial charge in [-0.2, -0.15) is 0 Å². The third-order valence-electron chi connectivity index (χ3n) is 3.91. The van der Waals surface area contributed by atoms with E-state index in [-0.39, 0.29) is 6.04 Å². The van der Waals surface area contributed by atoms with Crippen LogP contribution < -0.4 is 5.73 Å². The van der Waals surface area contributed by atoms with Gasteiger partial charge < -0.3 is 5.73 Å². The van der Waals surface area contributed by atoms with Crippen molar-refractivity contribution in [3.63, 3.8) is 0 Å². The molecule has 1 aromatic rings. The van der Waals surface area contributed by atoms with E-state index in [1.807, 2.05) is 13.2 Å².